The topological polar surface area (TPSA) is 66.5 Å². The molecule has 3 aromatic rings. The van der Waals surface area contributed by atoms with E-state index in [1.165, 1.54) is 5.56 Å². The molecule has 5 rings (SSSR count). The van der Waals surface area contributed by atoms with Crippen molar-refractivity contribution in [1.82, 2.24) is 4.90 Å². The van der Waals surface area contributed by atoms with Crippen molar-refractivity contribution in [2.75, 3.05) is 28.1 Å². The summed E-state index contributed by atoms with van der Waals surface area (Å²) < 4.78 is 28.7. The van der Waals surface area contributed by atoms with Gasteiger partial charge in [0.1, 0.15) is 18.2 Å². The van der Waals surface area contributed by atoms with Crippen LogP contribution in [0.2, 0.25) is 0 Å². The van der Waals surface area contributed by atoms with Gasteiger partial charge in [0.2, 0.25) is 11.5 Å². The second-order valence-electron chi connectivity index (χ2n) is 8.84. The molecule has 7 heteroatoms. The van der Waals surface area contributed by atoms with E-state index in [0.717, 1.165) is 16.9 Å². The predicted octanol–water partition coefficient (Wildman–Crippen LogP) is 5.55. The molecule has 0 saturated carbocycles. The third-order valence-corrected chi connectivity index (χ3v) is 6.82. The molecule has 2 aliphatic rings. The number of hydrogen-bond acceptors (Lipinski definition) is 7. The molecule has 0 aliphatic carbocycles. The maximum absolute atomic E-state index is 13.4. The van der Waals surface area contributed by atoms with Crippen LogP contribution in [0.15, 0.2) is 54.3 Å². The van der Waals surface area contributed by atoms with E-state index in [0.29, 0.717) is 47.4 Å². The number of ketones is 1. The maximum Gasteiger partial charge on any atom is 0.231 e. The van der Waals surface area contributed by atoms with Crippen LogP contribution in [0.5, 0.6) is 28.7 Å². The fourth-order valence-electron chi connectivity index (χ4n) is 4.84. The van der Waals surface area contributed by atoms with E-state index in [4.69, 9.17) is 23.7 Å². The van der Waals surface area contributed by atoms with Gasteiger partial charge in [-0.15, -0.1) is 0 Å². The fourth-order valence-corrected chi connectivity index (χ4v) is 4.84. The molecule has 0 N–H and O–H groups in total. The molecule has 0 spiro atoms. The first-order valence-corrected chi connectivity index (χ1v) is 11.8. The summed E-state index contributed by atoms with van der Waals surface area (Å²) in [5, 5.41) is 0. The van der Waals surface area contributed by atoms with Crippen molar-refractivity contribution in [1.29, 1.82) is 0 Å². The Morgan fingerprint density at radius 3 is 2.42 bits per heavy atom. The van der Waals surface area contributed by atoms with Gasteiger partial charge in [0.15, 0.2) is 17.3 Å². The Kier molecular flexibility index (Phi) is 6.33. The quantitative estimate of drug-likeness (QED) is 0.422. The number of nitrogens with zero attached hydrogens (tertiary/aromatic N) is 1. The molecular weight excluding hydrogens is 458 g/mol. The van der Waals surface area contributed by atoms with Crippen molar-refractivity contribution in [2.45, 2.75) is 26.4 Å². The molecule has 0 amide bonds. The molecule has 0 saturated heterocycles. The van der Waals surface area contributed by atoms with Gasteiger partial charge in [-0.25, -0.2) is 0 Å². The molecule has 2 heterocycles. The molecule has 0 fully saturated rings. The summed E-state index contributed by atoms with van der Waals surface area (Å²) in [6.45, 7) is 5.23. The first kappa shape index (κ1) is 23.8. The second kappa shape index (κ2) is 9.59. The minimum Gasteiger partial charge on any atom is -0.493 e. The van der Waals surface area contributed by atoms with Crippen LogP contribution in [0.25, 0.3) is 6.08 Å². The summed E-state index contributed by atoms with van der Waals surface area (Å²) in [6.07, 6.45) is 1.67. The number of Topliss-reactive ketones (excluding diaryl/α,β-unsaturated/α-hetero) is 1. The molecule has 0 bridgehead atoms. The monoisotopic (exact) mass is 487 g/mol. The third-order valence-electron chi connectivity index (χ3n) is 6.82. The number of allylic oxidation sites excluding steroid dienone is 1. The lowest BCUT2D eigenvalue weighted by Crippen LogP contribution is -2.34. The van der Waals surface area contributed by atoms with Gasteiger partial charge in [-0.3, -0.25) is 9.69 Å². The number of methoxy groups -OCH3 is 3. The Bertz CT molecular complexity index is 1350. The summed E-state index contributed by atoms with van der Waals surface area (Å²) in [6, 6.07) is 16.0. The number of rotatable bonds is 6. The first-order valence-electron chi connectivity index (χ1n) is 11.8. The number of carbonyl (C=O) groups is 1. The molecule has 36 heavy (non-hydrogen) atoms. The zero-order chi connectivity index (χ0) is 25.4. The molecule has 1 atom stereocenters. The van der Waals surface area contributed by atoms with Crippen molar-refractivity contribution < 1.29 is 28.5 Å². The summed E-state index contributed by atoms with van der Waals surface area (Å²) in [7, 11) is 4.65. The number of benzene rings is 3. The van der Waals surface area contributed by atoms with Crippen LogP contribution in [-0.2, 0) is 6.54 Å². The van der Waals surface area contributed by atoms with Gasteiger partial charge < -0.3 is 23.7 Å². The molecule has 0 radical (unpaired) electrons. The third kappa shape index (κ3) is 3.95. The highest BCUT2D eigenvalue weighted by molar-refractivity contribution is 6.15. The van der Waals surface area contributed by atoms with Crippen LogP contribution in [0.1, 0.15) is 45.6 Å². The Labute approximate surface area is 210 Å². The molecule has 3 aromatic carbocycles. The molecule has 2 aliphatic heterocycles. The second-order valence-corrected chi connectivity index (χ2v) is 8.84. The Morgan fingerprint density at radius 2 is 1.72 bits per heavy atom. The van der Waals surface area contributed by atoms with Crippen LogP contribution in [0.3, 0.4) is 0 Å². The number of ether oxygens (including phenoxy) is 5. The average molecular weight is 488 g/mol. The minimum atomic E-state index is -0.180. The van der Waals surface area contributed by atoms with E-state index < -0.39 is 0 Å². The van der Waals surface area contributed by atoms with Crippen LogP contribution < -0.4 is 23.7 Å². The van der Waals surface area contributed by atoms with Crippen molar-refractivity contribution in [3.8, 4) is 28.7 Å². The van der Waals surface area contributed by atoms with Crippen LogP contribution in [0.4, 0.5) is 0 Å². The van der Waals surface area contributed by atoms with E-state index in [1.807, 2.05) is 31.2 Å². The van der Waals surface area contributed by atoms with E-state index in [1.54, 1.807) is 39.5 Å². The smallest absolute Gasteiger partial charge is 0.231 e. The van der Waals surface area contributed by atoms with Gasteiger partial charge in [0, 0.05) is 29.3 Å². The molecule has 7 nitrogen and oxygen atoms in total. The summed E-state index contributed by atoms with van der Waals surface area (Å²) >= 11 is 0. The van der Waals surface area contributed by atoms with Crippen molar-refractivity contribution >= 4 is 11.9 Å². The minimum absolute atomic E-state index is 0.174. The number of fused-ring (bicyclic) bond motifs is 2. The lowest BCUT2D eigenvalue weighted by molar-refractivity contribution is 0.0609. The number of hydrogen-bond donors (Lipinski definition) is 0. The highest BCUT2D eigenvalue weighted by Crippen LogP contribution is 2.45. The fraction of sp³-hybridized carbons (Fsp3) is 0.276. The Hall–Kier alpha value is -3.97. The molecular formula is C29H29NO6. The van der Waals surface area contributed by atoms with Gasteiger partial charge in [-0.05, 0) is 43.7 Å². The standard InChI is InChI=1S/C29H29NO6/c1-17-26-21(15-30(16-35-26)18(2)19-9-7-6-8-10-19)13-22-25(31)24(36-27(17)22)14-20-11-12-23(32-3)29(34-5)28(20)33-4/h6-14,18H,15-16H2,1-5H3/b24-14-. The first-order chi connectivity index (χ1) is 17.5. The molecule has 0 aromatic heterocycles. The normalized spacial score (nSPS) is 16.6. The average Bonchev–Trinajstić information content (AvgIpc) is 3.23. The van der Waals surface area contributed by atoms with Gasteiger partial charge in [-0.2, -0.15) is 0 Å². The van der Waals surface area contributed by atoms with Gasteiger partial charge in [-0.1, -0.05) is 30.3 Å². The van der Waals surface area contributed by atoms with Crippen LogP contribution in [0, 0.1) is 6.92 Å². The van der Waals surface area contributed by atoms with Crippen LogP contribution >= 0.6 is 0 Å². The van der Waals surface area contributed by atoms with Crippen molar-refractivity contribution in [3.63, 3.8) is 0 Å². The molecule has 1 unspecified atom stereocenters. The van der Waals surface area contributed by atoms with Crippen LogP contribution in [-0.4, -0.2) is 38.7 Å². The SMILES string of the molecule is COc1ccc(/C=C2\Oc3c(cc4c(c3C)OCN(C(C)c3ccccc3)C4)C2=O)c(OC)c1OC. The Morgan fingerprint density at radius 1 is 0.972 bits per heavy atom. The van der Waals surface area contributed by atoms with Gasteiger partial charge in [0.05, 0.1) is 26.9 Å². The zero-order valence-corrected chi connectivity index (χ0v) is 21.1. The largest absolute Gasteiger partial charge is 0.493 e. The maximum atomic E-state index is 13.4. The molecule has 186 valence electrons. The predicted molar refractivity (Wildman–Crippen MR) is 136 cm³/mol. The zero-order valence-electron chi connectivity index (χ0n) is 21.1. The van der Waals surface area contributed by atoms with E-state index in [9.17, 15) is 4.79 Å². The van der Waals surface area contributed by atoms with E-state index >= 15 is 0 Å². The highest BCUT2D eigenvalue weighted by Gasteiger charge is 2.34. The summed E-state index contributed by atoms with van der Waals surface area (Å²) in [5.41, 5.74) is 4.20. The van der Waals surface area contributed by atoms with Crippen molar-refractivity contribution in [2.24, 2.45) is 0 Å². The number of carbonyl (C=O) groups excluding carboxylic acids is 1. The summed E-state index contributed by atoms with van der Waals surface area (Å²) in [5.74, 6) is 2.80. The van der Waals surface area contributed by atoms with E-state index in [2.05, 4.69) is 24.0 Å². The lowest BCUT2D eigenvalue weighted by atomic mass is 9.99. The summed E-state index contributed by atoms with van der Waals surface area (Å²) in [4.78, 5) is 15.7. The van der Waals surface area contributed by atoms with Gasteiger partial charge in [0.25, 0.3) is 0 Å². The highest BCUT2D eigenvalue weighted by atomic mass is 16.5. The Balaban J connectivity index is 1.47. The van der Waals surface area contributed by atoms with Gasteiger partial charge >= 0.3 is 0 Å². The van der Waals surface area contributed by atoms with E-state index in [-0.39, 0.29) is 17.6 Å². The van der Waals surface area contributed by atoms with Crippen molar-refractivity contribution in [3.05, 3.63) is 82.1 Å². The lowest BCUT2D eigenvalue weighted by Gasteiger charge is -2.34.